The first-order valence-corrected chi connectivity index (χ1v) is 5.64. The van der Waals surface area contributed by atoms with Crippen LogP contribution < -0.4 is 10.5 Å². The number of methoxy groups -OCH3 is 1. The molecule has 3 heterocycles. The number of pyridine rings is 1. The SMILES string of the molecule is COc1ccc(-c2nc(N)c3cnn(C)c3n2)cn1. The average Bonchev–Trinajstić information content (AvgIpc) is 2.81. The molecule has 3 aromatic rings. The monoisotopic (exact) mass is 256 g/mol. The first-order chi connectivity index (χ1) is 9.19. The molecule has 2 N–H and O–H groups in total. The Morgan fingerprint density at radius 3 is 2.74 bits per heavy atom. The van der Waals surface area contributed by atoms with Crippen LogP contribution in [0.2, 0.25) is 0 Å². The largest absolute Gasteiger partial charge is 0.481 e. The minimum Gasteiger partial charge on any atom is -0.481 e. The van der Waals surface area contributed by atoms with Crippen molar-refractivity contribution in [1.82, 2.24) is 24.7 Å². The van der Waals surface area contributed by atoms with Gasteiger partial charge in [0.15, 0.2) is 11.5 Å². The molecule has 0 radical (unpaired) electrons. The number of aromatic nitrogens is 5. The number of nitrogens with zero attached hydrogens (tertiary/aromatic N) is 5. The van der Waals surface area contributed by atoms with Crippen molar-refractivity contribution in [3.05, 3.63) is 24.5 Å². The van der Waals surface area contributed by atoms with Gasteiger partial charge in [0.25, 0.3) is 0 Å². The summed E-state index contributed by atoms with van der Waals surface area (Å²) < 4.78 is 6.68. The summed E-state index contributed by atoms with van der Waals surface area (Å²) in [7, 11) is 3.38. The molecule has 96 valence electrons. The minimum atomic E-state index is 0.406. The predicted octanol–water partition coefficient (Wildman–Crippen LogP) is 1.02. The van der Waals surface area contributed by atoms with Crippen molar-refractivity contribution in [3.63, 3.8) is 0 Å². The number of anilines is 1. The highest BCUT2D eigenvalue weighted by Gasteiger charge is 2.10. The van der Waals surface area contributed by atoms with E-state index in [1.54, 1.807) is 30.3 Å². The second-order valence-electron chi connectivity index (χ2n) is 4.03. The van der Waals surface area contributed by atoms with Crippen LogP contribution in [0.25, 0.3) is 22.4 Å². The molecule has 0 aliphatic heterocycles. The molecular weight excluding hydrogens is 244 g/mol. The standard InChI is InChI=1S/C12H12N6O/c1-18-12-8(6-15-18)10(13)16-11(17-12)7-3-4-9(19-2)14-5-7/h3-6H,1-2H3,(H2,13,16,17). The zero-order valence-electron chi connectivity index (χ0n) is 10.5. The van der Waals surface area contributed by atoms with E-state index in [0.717, 1.165) is 10.9 Å². The third-order valence-electron chi connectivity index (χ3n) is 2.83. The van der Waals surface area contributed by atoms with Gasteiger partial charge >= 0.3 is 0 Å². The van der Waals surface area contributed by atoms with E-state index in [2.05, 4.69) is 20.1 Å². The maximum absolute atomic E-state index is 5.91. The van der Waals surface area contributed by atoms with Crippen molar-refractivity contribution in [3.8, 4) is 17.3 Å². The molecule has 0 amide bonds. The fourth-order valence-electron chi connectivity index (χ4n) is 1.81. The summed E-state index contributed by atoms with van der Waals surface area (Å²) in [6.45, 7) is 0. The van der Waals surface area contributed by atoms with Crippen molar-refractivity contribution in [2.45, 2.75) is 0 Å². The third kappa shape index (κ3) is 1.85. The quantitative estimate of drug-likeness (QED) is 0.735. The highest BCUT2D eigenvalue weighted by atomic mass is 16.5. The van der Waals surface area contributed by atoms with Crippen molar-refractivity contribution in [2.24, 2.45) is 7.05 Å². The smallest absolute Gasteiger partial charge is 0.212 e. The lowest BCUT2D eigenvalue weighted by atomic mass is 10.2. The molecule has 0 spiro atoms. The van der Waals surface area contributed by atoms with Crippen LogP contribution in [0.15, 0.2) is 24.5 Å². The summed E-state index contributed by atoms with van der Waals surface area (Å²) in [4.78, 5) is 12.9. The van der Waals surface area contributed by atoms with Gasteiger partial charge in [0.1, 0.15) is 5.82 Å². The number of ether oxygens (including phenoxy) is 1. The Balaban J connectivity index is 2.15. The number of aryl methyl sites for hydroxylation is 1. The van der Waals surface area contributed by atoms with Crippen molar-refractivity contribution in [1.29, 1.82) is 0 Å². The summed E-state index contributed by atoms with van der Waals surface area (Å²) in [5.74, 6) is 1.46. The van der Waals surface area contributed by atoms with Gasteiger partial charge in [-0.15, -0.1) is 0 Å². The summed E-state index contributed by atoms with van der Waals surface area (Å²) in [6, 6.07) is 3.59. The Labute approximate surface area is 109 Å². The minimum absolute atomic E-state index is 0.406. The molecule has 0 aromatic carbocycles. The maximum atomic E-state index is 5.91. The van der Waals surface area contributed by atoms with Crippen molar-refractivity contribution in [2.75, 3.05) is 12.8 Å². The van der Waals surface area contributed by atoms with Gasteiger partial charge in [-0.05, 0) is 6.07 Å². The molecule has 0 unspecified atom stereocenters. The van der Waals surface area contributed by atoms with Crippen molar-refractivity contribution >= 4 is 16.9 Å². The molecule has 0 bridgehead atoms. The normalized spacial score (nSPS) is 10.8. The summed E-state index contributed by atoms with van der Waals surface area (Å²) in [5.41, 5.74) is 7.38. The van der Waals surface area contributed by atoms with Crippen molar-refractivity contribution < 1.29 is 4.74 Å². The third-order valence-corrected chi connectivity index (χ3v) is 2.83. The Kier molecular flexibility index (Phi) is 2.52. The van der Waals surface area contributed by atoms with E-state index in [0.29, 0.717) is 23.2 Å². The van der Waals surface area contributed by atoms with Gasteiger partial charge in [0.05, 0.1) is 18.7 Å². The molecule has 7 nitrogen and oxygen atoms in total. The van der Waals surface area contributed by atoms with Gasteiger partial charge in [0.2, 0.25) is 5.88 Å². The van der Waals surface area contributed by atoms with E-state index < -0.39 is 0 Å². The van der Waals surface area contributed by atoms with Crippen LogP contribution in [0.5, 0.6) is 5.88 Å². The molecule has 19 heavy (non-hydrogen) atoms. The van der Waals surface area contributed by atoms with Gasteiger partial charge in [-0.25, -0.2) is 15.0 Å². The molecule has 0 saturated heterocycles. The summed E-state index contributed by atoms with van der Waals surface area (Å²) in [5, 5.41) is 4.86. The Bertz CT molecular complexity index is 734. The summed E-state index contributed by atoms with van der Waals surface area (Å²) >= 11 is 0. The van der Waals surface area contributed by atoms with Crippen LogP contribution in [0.1, 0.15) is 0 Å². The van der Waals surface area contributed by atoms with Gasteiger partial charge in [0, 0.05) is 24.9 Å². The van der Waals surface area contributed by atoms with Gasteiger partial charge < -0.3 is 10.5 Å². The molecular formula is C12H12N6O. The number of rotatable bonds is 2. The van der Waals surface area contributed by atoms with Crippen LogP contribution in [0.3, 0.4) is 0 Å². The Morgan fingerprint density at radius 2 is 2.05 bits per heavy atom. The molecule has 3 rings (SSSR count). The Hall–Kier alpha value is -2.70. The van der Waals surface area contributed by atoms with E-state index >= 15 is 0 Å². The molecule has 0 saturated carbocycles. The van der Waals surface area contributed by atoms with Gasteiger partial charge in [-0.1, -0.05) is 0 Å². The average molecular weight is 256 g/mol. The molecule has 3 aromatic heterocycles. The van der Waals surface area contributed by atoms with E-state index in [9.17, 15) is 0 Å². The number of hydrogen-bond acceptors (Lipinski definition) is 6. The van der Waals surface area contributed by atoms with E-state index in [1.165, 1.54) is 0 Å². The van der Waals surface area contributed by atoms with Gasteiger partial charge in [-0.3, -0.25) is 4.68 Å². The van der Waals surface area contributed by atoms with Crippen LogP contribution >= 0.6 is 0 Å². The molecule has 0 fully saturated rings. The Morgan fingerprint density at radius 1 is 1.21 bits per heavy atom. The maximum Gasteiger partial charge on any atom is 0.212 e. The van der Waals surface area contributed by atoms with E-state index in [1.807, 2.05) is 13.1 Å². The van der Waals surface area contributed by atoms with Gasteiger partial charge in [-0.2, -0.15) is 5.10 Å². The summed E-state index contributed by atoms with van der Waals surface area (Å²) in [6.07, 6.45) is 3.30. The zero-order valence-corrected chi connectivity index (χ0v) is 10.5. The fraction of sp³-hybridized carbons (Fsp3) is 0.167. The van der Waals surface area contributed by atoms with Crippen LogP contribution in [0.4, 0.5) is 5.82 Å². The first kappa shape index (κ1) is 11.4. The lowest BCUT2D eigenvalue weighted by Crippen LogP contribution is -2.00. The fourth-order valence-corrected chi connectivity index (χ4v) is 1.81. The molecule has 0 aliphatic rings. The second-order valence-corrected chi connectivity index (χ2v) is 4.03. The van der Waals surface area contributed by atoms with E-state index in [4.69, 9.17) is 10.5 Å². The van der Waals surface area contributed by atoms with Crippen LogP contribution in [0, 0.1) is 0 Å². The predicted molar refractivity (Wildman–Crippen MR) is 70.5 cm³/mol. The molecule has 0 aliphatic carbocycles. The van der Waals surface area contributed by atoms with Crippen LogP contribution in [-0.2, 0) is 7.05 Å². The number of nitrogen functional groups attached to an aromatic ring is 1. The number of nitrogens with two attached hydrogens (primary N) is 1. The zero-order chi connectivity index (χ0) is 13.4. The molecule has 0 atom stereocenters. The first-order valence-electron chi connectivity index (χ1n) is 5.64. The second kappa shape index (κ2) is 4.20. The lowest BCUT2D eigenvalue weighted by molar-refractivity contribution is 0.398. The highest BCUT2D eigenvalue weighted by molar-refractivity contribution is 5.86. The van der Waals surface area contributed by atoms with E-state index in [-0.39, 0.29) is 0 Å². The lowest BCUT2D eigenvalue weighted by Gasteiger charge is -2.04. The number of hydrogen-bond donors (Lipinski definition) is 1. The topological polar surface area (TPSA) is 91.7 Å². The van der Waals surface area contributed by atoms with Crippen LogP contribution in [-0.4, -0.2) is 31.8 Å². The highest BCUT2D eigenvalue weighted by Crippen LogP contribution is 2.22. The molecule has 7 heteroatoms. The number of fused-ring (bicyclic) bond motifs is 1.